The molecule has 2 rings (SSSR count). The lowest BCUT2D eigenvalue weighted by Gasteiger charge is -2.13. The topological polar surface area (TPSA) is 21.3 Å². The summed E-state index contributed by atoms with van der Waals surface area (Å²) in [7, 11) is 0. The third-order valence-electron chi connectivity index (χ3n) is 3.87. The van der Waals surface area contributed by atoms with Crippen molar-refractivity contribution in [2.75, 3.05) is 6.61 Å². The predicted molar refractivity (Wildman–Crippen MR) is 93.2 cm³/mol. The lowest BCUT2D eigenvalue weighted by Crippen LogP contribution is -2.14. The first-order valence-electron chi connectivity index (χ1n) is 8.27. The molecule has 0 aromatic heterocycles. The van der Waals surface area contributed by atoms with Gasteiger partial charge in [-0.2, -0.15) is 0 Å². The van der Waals surface area contributed by atoms with E-state index in [0.29, 0.717) is 0 Å². The van der Waals surface area contributed by atoms with Crippen molar-refractivity contribution in [2.45, 2.75) is 46.2 Å². The number of aryl methyl sites for hydroxylation is 1. The number of hydrogen-bond donors (Lipinski definition) is 1. The van der Waals surface area contributed by atoms with E-state index in [0.717, 1.165) is 31.9 Å². The zero-order valence-electron chi connectivity index (χ0n) is 13.8. The van der Waals surface area contributed by atoms with Gasteiger partial charge in [-0.1, -0.05) is 62.2 Å². The maximum Gasteiger partial charge on any atom is 0.123 e. The van der Waals surface area contributed by atoms with Crippen molar-refractivity contribution in [3.05, 3.63) is 65.2 Å². The van der Waals surface area contributed by atoms with Crippen LogP contribution in [0.1, 0.15) is 42.9 Å². The van der Waals surface area contributed by atoms with E-state index in [-0.39, 0.29) is 0 Å². The van der Waals surface area contributed by atoms with E-state index in [4.69, 9.17) is 4.74 Å². The zero-order valence-corrected chi connectivity index (χ0v) is 13.8. The van der Waals surface area contributed by atoms with E-state index in [1.165, 1.54) is 29.5 Å². The summed E-state index contributed by atoms with van der Waals surface area (Å²) >= 11 is 0. The number of hydrogen-bond acceptors (Lipinski definition) is 2. The Hall–Kier alpha value is -1.80. The fraction of sp³-hybridized carbons (Fsp3) is 0.400. The number of unbranched alkanes of at least 4 members (excludes halogenated alkanes) is 2. The molecular weight excluding hydrogens is 270 g/mol. The van der Waals surface area contributed by atoms with Gasteiger partial charge in [0.25, 0.3) is 0 Å². The SMILES string of the molecule is CCCCCOc1ccccc1CNCc1ccccc1C. The van der Waals surface area contributed by atoms with Crippen molar-refractivity contribution >= 4 is 0 Å². The van der Waals surface area contributed by atoms with Crippen LogP contribution in [0.2, 0.25) is 0 Å². The van der Waals surface area contributed by atoms with Crippen LogP contribution < -0.4 is 10.1 Å². The van der Waals surface area contributed by atoms with E-state index >= 15 is 0 Å². The van der Waals surface area contributed by atoms with Crippen molar-refractivity contribution in [2.24, 2.45) is 0 Å². The lowest BCUT2D eigenvalue weighted by molar-refractivity contribution is 0.302. The summed E-state index contributed by atoms with van der Waals surface area (Å²) in [6, 6.07) is 16.8. The molecule has 0 heterocycles. The minimum Gasteiger partial charge on any atom is -0.493 e. The summed E-state index contributed by atoms with van der Waals surface area (Å²) in [5.74, 6) is 1.01. The number of nitrogens with one attached hydrogen (secondary N) is 1. The first kappa shape index (κ1) is 16.6. The quantitative estimate of drug-likeness (QED) is 0.668. The third kappa shape index (κ3) is 5.19. The molecule has 2 heteroatoms. The molecule has 0 spiro atoms. The molecule has 0 fully saturated rings. The first-order valence-corrected chi connectivity index (χ1v) is 8.27. The molecule has 0 amide bonds. The van der Waals surface area contributed by atoms with Gasteiger partial charge in [-0.15, -0.1) is 0 Å². The molecule has 0 aliphatic heterocycles. The first-order chi connectivity index (χ1) is 10.8. The summed E-state index contributed by atoms with van der Waals surface area (Å²) in [5.41, 5.74) is 3.91. The van der Waals surface area contributed by atoms with Gasteiger partial charge in [0.2, 0.25) is 0 Å². The normalized spacial score (nSPS) is 10.6. The Kier molecular flexibility index (Phi) is 6.98. The standard InChI is InChI=1S/C20H27NO/c1-3-4-9-14-22-20-13-8-7-12-19(20)16-21-15-18-11-6-5-10-17(18)2/h5-8,10-13,21H,3-4,9,14-16H2,1-2H3. The minimum atomic E-state index is 0.808. The van der Waals surface area contributed by atoms with Crippen LogP contribution in [0.5, 0.6) is 5.75 Å². The summed E-state index contributed by atoms with van der Waals surface area (Å²) in [6.45, 7) is 6.89. The molecule has 1 N–H and O–H groups in total. The summed E-state index contributed by atoms with van der Waals surface area (Å²) in [5, 5.41) is 3.52. The zero-order chi connectivity index (χ0) is 15.6. The fourth-order valence-electron chi connectivity index (χ4n) is 2.47. The van der Waals surface area contributed by atoms with Crippen molar-refractivity contribution in [3.8, 4) is 5.75 Å². The second-order valence-electron chi connectivity index (χ2n) is 5.69. The van der Waals surface area contributed by atoms with Gasteiger partial charge >= 0.3 is 0 Å². The summed E-state index contributed by atoms with van der Waals surface area (Å²) < 4.78 is 5.93. The smallest absolute Gasteiger partial charge is 0.123 e. The van der Waals surface area contributed by atoms with Gasteiger partial charge in [0.1, 0.15) is 5.75 Å². The Morgan fingerprint density at radius 1 is 0.864 bits per heavy atom. The maximum atomic E-state index is 5.93. The van der Waals surface area contributed by atoms with Crippen LogP contribution in [0.25, 0.3) is 0 Å². The molecule has 0 aliphatic rings. The van der Waals surface area contributed by atoms with Gasteiger partial charge < -0.3 is 10.1 Å². The van der Waals surface area contributed by atoms with Crippen LogP contribution in [0.4, 0.5) is 0 Å². The summed E-state index contributed by atoms with van der Waals surface area (Å²) in [4.78, 5) is 0. The molecule has 2 nitrogen and oxygen atoms in total. The maximum absolute atomic E-state index is 5.93. The van der Waals surface area contributed by atoms with E-state index < -0.39 is 0 Å². The molecule has 0 saturated carbocycles. The number of rotatable bonds is 9. The van der Waals surface area contributed by atoms with E-state index in [2.05, 4.69) is 61.6 Å². The van der Waals surface area contributed by atoms with Crippen LogP contribution in [-0.4, -0.2) is 6.61 Å². The molecule has 2 aromatic carbocycles. The fourth-order valence-corrected chi connectivity index (χ4v) is 2.47. The Morgan fingerprint density at radius 3 is 2.32 bits per heavy atom. The second-order valence-corrected chi connectivity index (χ2v) is 5.69. The van der Waals surface area contributed by atoms with E-state index in [9.17, 15) is 0 Å². The molecule has 0 saturated heterocycles. The third-order valence-corrected chi connectivity index (χ3v) is 3.87. The Bertz CT molecular complexity index is 565. The summed E-state index contributed by atoms with van der Waals surface area (Å²) in [6.07, 6.45) is 3.58. The average Bonchev–Trinajstić information content (AvgIpc) is 2.55. The molecule has 0 bridgehead atoms. The highest BCUT2D eigenvalue weighted by molar-refractivity contribution is 5.33. The molecule has 2 aromatic rings. The molecule has 0 aliphatic carbocycles. The van der Waals surface area contributed by atoms with Gasteiger partial charge in [0.15, 0.2) is 0 Å². The van der Waals surface area contributed by atoms with Gasteiger partial charge in [0, 0.05) is 18.7 Å². The molecule has 22 heavy (non-hydrogen) atoms. The van der Waals surface area contributed by atoms with Crippen LogP contribution in [0, 0.1) is 6.92 Å². The van der Waals surface area contributed by atoms with Crippen LogP contribution in [0.3, 0.4) is 0 Å². The molecule has 0 radical (unpaired) electrons. The predicted octanol–water partition coefficient (Wildman–Crippen LogP) is 4.85. The van der Waals surface area contributed by atoms with E-state index in [1.807, 2.05) is 6.07 Å². The molecule has 0 atom stereocenters. The number of benzene rings is 2. The lowest BCUT2D eigenvalue weighted by atomic mass is 10.1. The molecule has 118 valence electrons. The average molecular weight is 297 g/mol. The van der Waals surface area contributed by atoms with Gasteiger partial charge in [-0.3, -0.25) is 0 Å². The monoisotopic (exact) mass is 297 g/mol. The Balaban J connectivity index is 1.85. The van der Waals surface area contributed by atoms with Crippen LogP contribution in [0.15, 0.2) is 48.5 Å². The van der Waals surface area contributed by atoms with Gasteiger partial charge in [-0.25, -0.2) is 0 Å². The van der Waals surface area contributed by atoms with Crippen molar-refractivity contribution in [1.29, 1.82) is 0 Å². The van der Waals surface area contributed by atoms with Crippen molar-refractivity contribution in [3.63, 3.8) is 0 Å². The van der Waals surface area contributed by atoms with Crippen LogP contribution in [-0.2, 0) is 13.1 Å². The van der Waals surface area contributed by atoms with E-state index in [1.54, 1.807) is 0 Å². The van der Waals surface area contributed by atoms with Gasteiger partial charge in [-0.05, 0) is 30.5 Å². The van der Waals surface area contributed by atoms with Crippen LogP contribution >= 0.6 is 0 Å². The Labute approximate surface area is 134 Å². The van der Waals surface area contributed by atoms with Gasteiger partial charge in [0.05, 0.1) is 6.61 Å². The van der Waals surface area contributed by atoms with Crippen molar-refractivity contribution < 1.29 is 4.74 Å². The minimum absolute atomic E-state index is 0.808. The molecular formula is C20H27NO. The number of ether oxygens (including phenoxy) is 1. The Morgan fingerprint density at radius 2 is 1.55 bits per heavy atom. The van der Waals surface area contributed by atoms with Crippen molar-refractivity contribution in [1.82, 2.24) is 5.32 Å². The highest BCUT2D eigenvalue weighted by Crippen LogP contribution is 2.18. The number of para-hydroxylation sites is 1. The molecule has 0 unspecified atom stereocenters. The highest BCUT2D eigenvalue weighted by Gasteiger charge is 2.03. The highest BCUT2D eigenvalue weighted by atomic mass is 16.5. The largest absolute Gasteiger partial charge is 0.493 e. The second kappa shape index (κ2) is 9.26.